The summed E-state index contributed by atoms with van der Waals surface area (Å²) < 4.78 is 28.7. The van der Waals surface area contributed by atoms with E-state index in [-0.39, 0.29) is 5.92 Å². The highest BCUT2D eigenvalue weighted by Gasteiger charge is 2.32. The number of carboxylic acids is 1. The molecule has 35 heavy (non-hydrogen) atoms. The summed E-state index contributed by atoms with van der Waals surface area (Å²) in [6, 6.07) is 27.9. The number of ether oxygens (including phenoxy) is 1. The number of benzene rings is 4. The Morgan fingerprint density at radius 2 is 1.49 bits per heavy atom. The smallest absolute Gasteiger partial charge is 0.327 e. The first-order valence-corrected chi connectivity index (χ1v) is 12.3. The first kappa shape index (κ1) is 24.4. The molecule has 0 aliphatic heterocycles. The van der Waals surface area contributed by atoms with Gasteiger partial charge in [-0.2, -0.15) is 0 Å². The Kier molecular flexibility index (Phi) is 7.48. The SMILES string of the molecule is CC(C)C(C(=O)O)N(c1ccc(-c2ccc(OCc3cccc4ccccc34)cc2)cc1)S(=O)O. The maximum absolute atomic E-state index is 11.9. The van der Waals surface area contributed by atoms with Crippen LogP contribution in [0, 0.1) is 5.92 Å². The number of hydrogen-bond donors (Lipinski definition) is 2. The largest absolute Gasteiger partial charge is 0.489 e. The minimum Gasteiger partial charge on any atom is -0.489 e. The monoisotopic (exact) mass is 489 g/mol. The van der Waals surface area contributed by atoms with Gasteiger partial charge in [0.2, 0.25) is 0 Å². The maximum Gasteiger partial charge on any atom is 0.327 e. The third-order valence-corrected chi connectivity index (χ3v) is 6.66. The molecule has 0 spiro atoms. The minimum absolute atomic E-state index is 0.357. The number of hydrogen-bond acceptors (Lipinski definition) is 3. The number of carbonyl (C=O) groups is 1. The summed E-state index contributed by atoms with van der Waals surface area (Å²) in [6.45, 7) is 3.87. The van der Waals surface area contributed by atoms with Crippen molar-refractivity contribution in [1.82, 2.24) is 0 Å². The summed E-state index contributed by atoms with van der Waals surface area (Å²) in [5, 5.41) is 11.9. The molecule has 4 rings (SSSR count). The fourth-order valence-corrected chi connectivity index (χ4v) is 4.96. The summed E-state index contributed by atoms with van der Waals surface area (Å²) in [4.78, 5) is 11.7. The van der Waals surface area contributed by atoms with Crippen molar-refractivity contribution in [2.24, 2.45) is 5.92 Å². The molecule has 0 aliphatic carbocycles. The van der Waals surface area contributed by atoms with Crippen LogP contribution in [0.25, 0.3) is 21.9 Å². The molecule has 0 aromatic heterocycles. The van der Waals surface area contributed by atoms with Crippen LogP contribution >= 0.6 is 0 Å². The zero-order valence-corrected chi connectivity index (χ0v) is 20.3. The Balaban J connectivity index is 1.48. The zero-order valence-electron chi connectivity index (χ0n) is 19.5. The lowest BCUT2D eigenvalue weighted by atomic mass is 10.0. The molecular formula is C28H27NO5S. The summed E-state index contributed by atoms with van der Waals surface area (Å²) in [7, 11) is 0. The van der Waals surface area contributed by atoms with Crippen molar-refractivity contribution >= 4 is 33.7 Å². The van der Waals surface area contributed by atoms with Crippen LogP contribution in [0.1, 0.15) is 19.4 Å². The van der Waals surface area contributed by atoms with Crippen LogP contribution in [0.3, 0.4) is 0 Å². The van der Waals surface area contributed by atoms with Gasteiger partial charge in [-0.1, -0.05) is 80.6 Å². The molecule has 0 amide bonds. The number of fused-ring (bicyclic) bond motifs is 1. The van der Waals surface area contributed by atoms with E-state index in [0.717, 1.165) is 26.7 Å². The molecule has 0 bridgehead atoms. The van der Waals surface area contributed by atoms with Gasteiger partial charge in [-0.05, 0) is 57.6 Å². The topological polar surface area (TPSA) is 87.1 Å². The van der Waals surface area contributed by atoms with Crippen LogP contribution in [0.2, 0.25) is 0 Å². The van der Waals surface area contributed by atoms with Crippen molar-refractivity contribution in [3.63, 3.8) is 0 Å². The molecule has 6 nitrogen and oxygen atoms in total. The zero-order chi connectivity index (χ0) is 24.9. The predicted octanol–water partition coefficient (Wildman–Crippen LogP) is 6.14. The van der Waals surface area contributed by atoms with Crippen molar-refractivity contribution in [1.29, 1.82) is 0 Å². The van der Waals surface area contributed by atoms with Gasteiger partial charge in [-0.25, -0.2) is 9.00 Å². The van der Waals surface area contributed by atoms with Gasteiger partial charge in [0.1, 0.15) is 18.4 Å². The average Bonchev–Trinajstić information content (AvgIpc) is 2.85. The molecule has 0 aliphatic rings. The molecular weight excluding hydrogens is 462 g/mol. The molecule has 4 aromatic rings. The summed E-state index contributed by atoms with van der Waals surface area (Å²) >= 11 is -2.47. The van der Waals surface area contributed by atoms with Gasteiger partial charge in [0.25, 0.3) is 11.3 Å². The van der Waals surface area contributed by atoms with E-state index in [4.69, 9.17) is 4.74 Å². The lowest BCUT2D eigenvalue weighted by Crippen LogP contribution is -2.45. The molecule has 0 radical (unpaired) electrons. The van der Waals surface area contributed by atoms with E-state index >= 15 is 0 Å². The molecule has 0 heterocycles. The van der Waals surface area contributed by atoms with E-state index < -0.39 is 23.3 Å². The van der Waals surface area contributed by atoms with E-state index in [1.54, 1.807) is 38.1 Å². The lowest BCUT2D eigenvalue weighted by molar-refractivity contribution is -0.139. The van der Waals surface area contributed by atoms with Crippen LogP contribution in [-0.2, 0) is 22.7 Å². The first-order chi connectivity index (χ1) is 16.8. The van der Waals surface area contributed by atoms with Gasteiger partial charge in [0, 0.05) is 0 Å². The van der Waals surface area contributed by atoms with Gasteiger partial charge >= 0.3 is 5.97 Å². The summed E-state index contributed by atoms with van der Waals surface area (Å²) in [6.07, 6.45) is 0. The molecule has 0 fully saturated rings. The minimum atomic E-state index is -2.47. The van der Waals surface area contributed by atoms with E-state index in [1.165, 1.54) is 10.8 Å². The third kappa shape index (κ3) is 5.53. The Bertz CT molecular complexity index is 1330. The van der Waals surface area contributed by atoms with Crippen molar-refractivity contribution in [3.05, 3.63) is 96.6 Å². The average molecular weight is 490 g/mol. The van der Waals surface area contributed by atoms with Crippen molar-refractivity contribution in [3.8, 4) is 16.9 Å². The van der Waals surface area contributed by atoms with Crippen LogP contribution in [0.15, 0.2) is 91.0 Å². The molecule has 0 saturated heterocycles. The highest BCUT2D eigenvalue weighted by Crippen LogP contribution is 2.28. The van der Waals surface area contributed by atoms with Gasteiger partial charge in [-0.15, -0.1) is 0 Å². The van der Waals surface area contributed by atoms with Gasteiger partial charge < -0.3 is 9.84 Å². The van der Waals surface area contributed by atoms with E-state index in [0.29, 0.717) is 12.3 Å². The van der Waals surface area contributed by atoms with Crippen LogP contribution in [0.5, 0.6) is 5.75 Å². The van der Waals surface area contributed by atoms with Crippen molar-refractivity contribution in [2.75, 3.05) is 4.31 Å². The number of carboxylic acid groups (broad SMARTS) is 1. The number of anilines is 1. The molecule has 2 atom stereocenters. The van der Waals surface area contributed by atoms with Crippen LogP contribution in [-0.4, -0.2) is 25.9 Å². The Labute approximate surface area is 207 Å². The van der Waals surface area contributed by atoms with E-state index in [2.05, 4.69) is 24.3 Å². The predicted molar refractivity (Wildman–Crippen MR) is 140 cm³/mol. The second-order valence-corrected chi connectivity index (χ2v) is 9.44. The fourth-order valence-electron chi connectivity index (χ4n) is 4.13. The van der Waals surface area contributed by atoms with Crippen molar-refractivity contribution in [2.45, 2.75) is 26.5 Å². The second-order valence-electron chi connectivity index (χ2n) is 8.58. The molecule has 2 N–H and O–H groups in total. The van der Waals surface area contributed by atoms with Gasteiger partial charge in [-0.3, -0.25) is 8.86 Å². The van der Waals surface area contributed by atoms with Gasteiger partial charge in [0.05, 0.1) is 5.69 Å². The highest BCUT2D eigenvalue weighted by molar-refractivity contribution is 7.80. The van der Waals surface area contributed by atoms with E-state index in [9.17, 15) is 18.7 Å². The highest BCUT2D eigenvalue weighted by atomic mass is 32.2. The standard InChI is InChI=1S/C28H27NO5S/c1-19(2)27(28(30)31)29(35(32)33)24-14-10-20(11-15-24)21-12-16-25(17-13-21)34-18-23-8-5-7-22-6-3-4-9-26(22)23/h3-17,19,27H,18H2,1-2H3,(H,30,31)(H,32,33). The summed E-state index contributed by atoms with van der Waals surface area (Å²) in [5.41, 5.74) is 3.33. The Morgan fingerprint density at radius 1 is 0.886 bits per heavy atom. The molecule has 2 unspecified atom stereocenters. The van der Waals surface area contributed by atoms with Crippen molar-refractivity contribution < 1.29 is 23.4 Å². The van der Waals surface area contributed by atoms with Gasteiger partial charge in [0.15, 0.2) is 0 Å². The van der Waals surface area contributed by atoms with Crippen LogP contribution < -0.4 is 9.04 Å². The third-order valence-electron chi connectivity index (χ3n) is 5.89. The lowest BCUT2D eigenvalue weighted by Gasteiger charge is -2.29. The first-order valence-electron chi connectivity index (χ1n) is 11.3. The quantitative estimate of drug-likeness (QED) is 0.276. The number of rotatable bonds is 9. The molecule has 180 valence electrons. The second kappa shape index (κ2) is 10.7. The number of nitrogens with zero attached hydrogens (tertiary/aromatic N) is 1. The summed E-state index contributed by atoms with van der Waals surface area (Å²) in [5.74, 6) is -0.753. The van der Waals surface area contributed by atoms with Crippen LogP contribution in [0.4, 0.5) is 5.69 Å². The Morgan fingerprint density at radius 3 is 2.09 bits per heavy atom. The normalized spacial score (nSPS) is 12.9. The molecule has 0 saturated carbocycles. The Hall–Kier alpha value is -3.68. The van der Waals surface area contributed by atoms with E-state index in [1.807, 2.05) is 42.5 Å². The maximum atomic E-state index is 11.9. The molecule has 7 heteroatoms. The fraction of sp³-hybridized carbons (Fsp3) is 0.179. The molecule has 4 aromatic carbocycles. The number of aliphatic carboxylic acids is 1.